The minimum Gasteiger partial charge on any atom is -0.378 e. The van der Waals surface area contributed by atoms with Gasteiger partial charge in [0.1, 0.15) is 0 Å². The molecule has 0 aliphatic rings. The average molecular weight is 307 g/mol. The van der Waals surface area contributed by atoms with Gasteiger partial charge >= 0.3 is 0 Å². The van der Waals surface area contributed by atoms with Crippen LogP contribution in [0, 0.1) is 0 Å². The first kappa shape index (κ1) is 14.5. The lowest BCUT2D eigenvalue weighted by Gasteiger charge is -2.12. The van der Waals surface area contributed by atoms with Crippen molar-refractivity contribution < 1.29 is 4.79 Å². The summed E-state index contributed by atoms with van der Waals surface area (Å²) in [7, 11) is 3.97. The summed E-state index contributed by atoms with van der Waals surface area (Å²) in [6, 6.07) is 19.6. The predicted octanol–water partition coefficient (Wildman–Crippen LogP) is 4.71. The van der Waals surface area contributed by atoms with Gasteiger partial charge in [0.15, 0.2) is 5.78 Å². The topological polar surface area (TPSA) is 20.3 Å². The summed E-state index contributed by atoms with van der Waals surface area (Å²) in [6.45, 7) is 0. The third-order valence-corrected chi connectivity index (χ3v) is 4.50. The third kappa shape index (κ3) is 2.95. The zero-order valence-electron chi connectivity index (χ0n) is 12.6. The molecule has 0 saturated heterocycles. The van der Waals surface area contributed by atoms with Crippen LogP contribution in [0.25, 0.3) is 10.4 Å². The maximum absolute atomic E-state index is 12.6. The number of hydrogen-bond donors (Lipinski definition) is 0. The van der Waals surface area contributed by atoms with Gasteiger partial charge in [-0.2, -0.15) is 0 Å². The highest BCUT2D eigenvalue weighted by Crippen LogP contribution is 2.26. The van der Waals surface area contributed by atoms with Crippen LogP contribution >= 0.6 is 11.3 Å². The van der Waals surface area contributed by atoms with Crippen molar-refractivity contribution in [2.45, 2.75) is 0 Å². The van der Waals surface area contributed by atoms with E-state index in [1.165, 1.54) is 4.88 Å². The Kier molecular flexibility index (Phi) is 4.07. The van der Waals surface area contributed by atoms with E-state index >= 15 is 0 Å². The van der Waals surface area contributed by atoms with Crippen molar-refractivity contribution in [3.05, 3.63) is 77.2 Å². The van der Waals surface area contributed by atoms with Crippen LogP contribution in [0.5, 0.6) is 0 Å². The second-order valence-corrected chi connectivity index (χ2v) is 6.28. The van der Waals surface area contributed by atoms with Gasteiger partial charge in [-0.15, -0.1) is 11.3 Å². The number of ketones is 1. The smallest absolute Gasteiger partial charge is 0.193 e. The van der Waals surface area contributed by atoms with Crippen LogP contribution in [0.3, 0.4) is 0 Å². The van der Waals surface area contributed by atoms with Crippen molar-refractivity contribution in [3.63, 3.8) is 0 Å². The Hall–Kier alpha value is -2.39. The molecule has 0 spiro atoms. The molecular weight excluding hydrogens is 290 g/mol. The lowest BCUT2D eigenvalue weighted by atomic mass is 10.0. The Bertz CT molecular complexity index is 773. The van der Waals surface area contributed by atoms with Gasteiger partial charge in [-0.1, -0.05) is 24.3 Å². The minimum absolute atomic E-state index is 0.0590. The van der Waals surface area contributed by atoms with Crippen molar-refractivity contribution in [1.82, 2.24) is 0 Å². The third-order valence-electron chi connectivity index (χ3n) is 3.58. The molecule has 1 aromatic heterocycles. The quantitative estimate of drug-likeness (QED) is 0.650. The largest absolute Gasteiger partial charge is 0.378 e. The average Bonchev–Trinajstić information content (AvgIpc) is 3.09. The van der Waals surface area contributed by atoms with Crippen molar-refractivity contribution in [1.29, 1.82) is 0 Å². The van der Waals surface area contributed by atoms with Gasteiger partial charge in [0.2, 0.25) is 0 Å². The fraction of sp³-hybridized carbons (Fsp3) is 0.105. The Balaban J connectivity index is 1.90. The SMILES string of the molecule is CN(C)c1ccc(C(=O)c2cccc(-c3cccs3)c2)cc1. The molecule has 3 rings (SSSR count). The number of hydrogen-bond acceptors (Lipinski definition) is 3. The number of rotatable bonds is 4. The summed E-state index contributed by atoms with van der Waals surface area (Å²) in [5, 5.41) is 2.05. The fourth-order valence-electron chi connectivity index (χ4n) is 2.33. The molecule has 2 aromatic carbocycles. The van der Waals surface area contributed by atoms with E-state index < -0.39 is 0 Å². The lowest BCUT2D eigenvalue weighted by molar-refractivity contribution is 0.103. The molecule has 0 bridgehead atoms. The second-order valence-electron chi connectivity index (χ2n) is 5.33. The molecule has 0 amide bonds. The van der Waals surface area contributed by atoms with Crippen LogP contribution in [0.2, 0.25) is 0 Å². The number of thiophene rings is 1. The second kappa shape index (κ2) is 6.16. The molecule has 0 unspecified atom stereocenters. The molecule has 2 nitrogen and oxygen atoms in total. The van der Waals surface area contributed by atoms with Crippen molar-refractivity contribution in [2.24, 2.45) is 0 Å². The normalized spacial score (nSPS) is 10.5. The molecule has 0 radical (unpaired) electrons. The fourth-order valence-corrected chi connectivity index (χ4v) is 3.06. The number of nitrogens with zero attached hydrogens (tertiary/aromatic N) is 1. The Morgan fingerprint density at radius 1 is 0.909 bits per heavy atom. The molecule has 0 saturated carbocycles. The van der Waals surface area contributed by atoms with E-state index in [9.17, 15) is 4.79 Å². The highest BCUT2D eigenvalue weighted by molar-refractivity contribution is 7.13. The van der Waals surface area contributed by atoms with E-state index in [4.69, 9.17) is 0 Å². The summed E-state index contributed by atoms with van der Waals surface area (Å²) in [4.78, 5) is 15.8. The molecule has 3 aromatic rings. The number of anilines is 1. The zero-order valence-corrected chi connectivity index (χ0v) is 13.4. The van der Waals surface area contributed by atoms with E-state index in [1.54, 1.807) is 11.3 Å². The predicted molar refractivity (Wildman–Crippen MR) is 94.0 cm³/mol. The van der Waals surface area contributed by atoms with E-state index in [1.807, 2.05) is 79.0 Å². The first-order valence-corrected chi connectivity index (χ1v) is 7.99. The molecule has 0 N–H and O–H groups in total. The van der Waals surface area contributed by atoms with Crippen LogP contribution < -0.4 is 4.90 Å². The highest BCUT2D eigenvalue weighted by atomic mass is 32.1. The molecule has 0 aliphatic heterocycles. The molecule has 0 fully saturated rings. The van der Waals surface area contributed by atoms with E-state index in [0.29, 0.717) is 5.56 Å². The van der Waals surface area contributed by atoms with Crippen molar-refractivity contribution in [2.75, 3.05) is 19.0 Å². The molecule has 22 heavy (non-hydrogen) atoms. The van der Waals surface area contributed by atoms with Crippen molar-refractivity contribution in [3.8, 4) is 10.4 Å². The first-order valence-electron chi connectivity index (χ1n) is 7.11. The number of benzene rings is 2. The van der Waals surface area contributed by atoms with Gasteiger partial charge in [0.25, 0.3) is 0 Å². The van der Waals surface area contributed by atoms with Gasteiger partial charge < -0.3 is 4.90 Å². The van der Waals surface area contributed by atoms with Crippen molar-refractivity contribution >= 4 is 22.8 Å². The molecule has 0 aliphatic carbocycles. The van der Waals surface area contributed by atoms with Gasteiger partial charge in [0, 0.05) is 35.8 Å². The first-order chi connectivity index (χ1) is 10.6. The summed E-state index contributed by atoms with van der Waals surface area (Å²) in [5.74, 6) is 0.0590. The maximum Gasteiger partial charge on any atom is 0.193 e. The van der Waals surface area contributed by atoms with E-state index in [0.717, 1.165) is 16.8 Å². The van der Waals surface area contributed by atoms with Crippen LogP contribution in [0.15, 0.2) is 66.0 Å². The lowest BCUT2D eigenvalue weighted by Crippen LogP contribution is -2.09. The molecule has 0 atom stereocenters. The summed E-state index contributed by atoms with van der Waals surface area (Å²) >= 11 is 1.68. The molecule has 110 valence electrons. The Morgan fingerprint density at radius 3 is 2.32 bits per heavy atom. The monoisotopic (exact) mass is 307 g/mol. The van der Waals surface area contributed by atoms with Gasteiger partial charge in [-0.25, -0.2) is 0 Å². The van der Waals surface area contributed by atoms with Gasteiger partial charge in [0.05, 0.1) is 0 Å². The zero-order chi connectivity index (χ0) is 15.5. The van der Waals surface area contributed by atoms with Crippen LogP contribution in [-0.2, 0) is 0 Å². The van der Waals surface area contributed by atoms with Crippen LogP contribution in [-0.4, -0.2) is 19.9 Å². The maximum atomic E-state index is 12.6. The van der Waals surface area contributed by atoms with E-state index in [2.05, 4.69) is 6.07 Å². The molecule has 1 heterocycles. The Labute approximate surface area is 134 Å². The molecule has 3 heteroatoms. The standard InChI is InChI=1S/C19H17NOS/c1-20(2)17-10-8-14(9-11-17)19(21)16-6-3-5-15(13-16)18-7-4-12-22-18/h3-13H,1-2H3. The van der Waals surface area contributed by atoms with Gasteiger partial charge in [-0.05, 0) is 47.3 Å². The minimum atomic E-state index is 0.0590. The summed E-state index contributed by atoms with van der Waals surface area (Å²) < 4.78 is 0. The summed E-state index contributed by atoms with van der Waals surface area (Å²) in [6.07, 6.45) is 0. The van der Waals surface area contributed by atoms with Crippen LogP contribution in [0.4, 0.5) is 5.69 Å². The highest BCUT2D eigenvalue weighted by Gasteiger charge is 2.10. The van der Waals surface area contributed by atoms with E-state index in [-0.39, 0.29) is 5.78 Å². The Morgan fingerprint density at radius 2 is 1.68 bits per heavy atom. The molecular formula is C19H17NOS. The summed E-state index contributed by atoms with van der Waals surface area (Å²) in [5.41, 5.74) is 3.62. The number of carbonyl (C=O) groups excluding carboxylic acids is 1. The van der Waals surface area contributed by atoms with Crippen LogP contribution in [0.1, 0.15) is 15.9 Å². The number of carbonyl (C=O) groups is 1. The van der Waals surface area contributed by atoms with Gasteiger partial charge in [-0.3, -0.25) is 4.79 Å².